The van der Waals surface area contributed by atoms with Gasteiger partial charge in [-0.25, -0.2) is 4.79 Å². The fourth-order valence-electron chi connectivity index (χ4n) is 3.65. The van der Waals surface area contributed by atoms with E-state index in [2.05, 4.69) is 15.9 Å². The molecule has 0 atom stereocenters. The third kappa shape index (κ3) is 4.46. The number of carbonyl (C=O) groups is 2. The zero-order valence-corrected chi connectivity index (χ0v) is 20.2. The van der Waals surface area contributed by atoms with Crippen molar-refractivity contribution < 1.29 is 14.3 Å². The van der Waals surface area contributed by atoms with Gasteiger partial charge in [-0.15, -0.1) is 0 Å². The van der Waals surface area contributed by atoms with Gasteiger partial charge in [-0.2, -0.15) is 0 Å². The number of benzene rings is 3. The van der Waals surface area contributed by atoms with Crippen molar-refractivity contribution in [1.82, 2.24) is 4.57 Å². The van der Waals surface area contributed by atoms with E-state index in [1.165, 1.54) is 0 Å². The highest BCUT2D eigenvalue weighted by Crippen LogP contribution is 2.32. The molecule has 0 unspecified atom stereocenters. The lowest BCUT2D eigenvalue weighted by Crippen LogP contribution is -2.17. The molecule has 1 heterocycles. The Morgan fingerprint density at radius 2 is 1.56 bits per heavy atom. The monoisotopic (exact) mass is 529 g/mol. The molecular formula is C25H18BrCl2NO3. The Labute approximate surface area is 203 Å². The van der Waals surface area contributed by atoms with E-state index >= 15 is 0 Å². The van der Waals surface area contributed by atoms with Gasteiger partial charge in [-0.3, -0.25) is 4.79 Å². The second-order valence-corrected chi connectivity index (χ2v) is 8.94. The molecule has 0 radical (unpaired) electrons. The molecule has 0 spiro atoms. The molecule has 0 saturated carbocycles. The molecule has 4 aromatic rings. The van der Waals surface area contributed by atoms with Crippen LogP contribution in [0.4, 0.5) is 0 Å². The molecule has 1 aromatic heterocycles. The van der Waals surface area contributed by atoms with Crippen LogP contribution in [0.3, 0.4) is 0 Å². The Morgan fingerprint density at radius 1 is 0.938 bits per heavy atom. The van der Waals surface area contributed by atoms with Crippen molar-refractivity contribution in [3.8, 4) is 0 Å². The number of hydrogen-bond donors (Lipinski definition) is 0. The van der Waals surface area contributed by atoms with Gasteiger partial charge in [-0.1, -0.05) is 57.3 Å². The summed E-state index contributed by atoms with van der Waals surface area (Å²) in [6.45, 7) is 2.30. The first kappa shape index (κ1) is 22.6. The maximum Gasteiger partial charge on any atom is 0.355 e. The molecule has 32 heavy (non-hydrogen) atoms. The lowest BCUT2D eigenvalue weighted by molar-refractivity contribution is 0.0512. The number of carbonyl (C=O) groups excluding carboxylic acids is 2. The summed E-state index contributed by atoms with van der Waals surface area (Å²) in [6.07, 6.45) is 0. The molecule has 162 valence electrons. The van der Waals surface area contributed by atoms with Crippen LogP contribution in [0.2, 0.25) is 10.0 Å². The molecule has 0 N–H and O–H groups in total. The standard InChI is InChI=1S/C25H18BrCl2NO3/c1-2-32-25(31)23-22(24(30)16-5-10-19(28)11-6-16)20-12-7-17(26)13-21(20)29(23)14-15-3-8-18(27)9-4-15/h3-13H,2,14H2,1H3. The summed E-state index contributed by atoms with van der Waals surface area (Å²) >= 11 is 15.5. The lowest BCUT2D eigenvalue weighted by atomic mass is 10.00. The highest BCUT2D eigenvalue weighted by molar-refractivity contribution is 9.10. The molecule has 4 rings (SSSR count). The summed E-state index contributed by atoms with van der Waals surface area (Å²) in [5.74, 6) is -0.821. The van der Waals surface area contributed by atoms with Crippen LogP contribution in [-0.4, -0.2) is 22.9 Å². The normalized spacial score (nSPS) is 11.0. The Hall–Kier alpha value is -2.60. The second kappa shape index (κ2) is 9.49. The van der Waals surface area contributed by atoms with Crippen LogP contribution < -0.4 is 0 Å². The lowest BCUT2D eigenvalue weighted by Gasteiger charge is -2.12. The van der Waals surface area contributed by atoms with Crippen LogP contribution in [0.1, 0.15) is 38.9 Å². The number of nitrogens with zero attached hydrogens (tertiary/aromatic N) is 1. The minimum absolute atomic E-state index is 0.194. The van der Waals surface area contributed by atoms with Crippen LogP contribution in [0.15, 0.2) is 71.2 Å². The van der Waals surface area contributed by atoms with Gasteiger partial charge in [0.25, 0.3) is 0 Å². The number of esters is 1. The average molecular weight is 531 g/mol. The molecule has 0 aliphatic heterocycles. The van der Waals surface area contributed by atoms with Crippen LogP contribution >= 0.6 is 39.1 Å². The number of rotatable bonds is 6. The van der Waals surface area contributed by atoms with Crippen LogP contribution in [-0.2, 0) is 11.3 Å². The fraction of sp³-hybridized carbons (Fsp3) is 0.120. The smallest absolute Gasteiger partial charge is 0.355 e. The van der Waals surface area contributed by atoms with Crippen LogP contribution in [0.25, 0.3) is 10.9 Å². The highest BCUT2D eigenvalue weighted by Gasteiger charge is 2.29. The first-order chi connectivity index (χ1) is 15.4. The molecule has 0 bridgehead atoms. The summed E-state index contributed by atoms with van der Waals surface area (Å²) in [7, 11) is 0. The van der Waals surface area contributed by atoms with E-state index in [1.54, 1.807) is 43.3 Å². The van der Waals surface area contributed by atoms with Gasteiger partial charge in [0, 0.05) is 32.0 Å². The SMILES string of the molecule is CCOC(=O)c1c(C(=O)c2ccc(Cl)cc2)c2ccc(Br)cc2n1Cc1ccc(Cl)cc1. The highest BCUT2D eigenvalue weighted by atomic mass is 79.9. The van der Waals surface area contributed by atoms with Crippen molar-refractivity contribution in [3.63, 3.8) is 0 Å². The molecule has 7 heteroatoms. The molecule has 0 aliphatic rings. The number of halogens is 3. The maximum absolute atomic E-state index is 13.6. The average Bonchev–Trinajstić information content (AvgIpc) is 3.09. The van der Waals surface area contributed by atoms with Gasteiger partial charge in [0.15, 0.2) is 5.78 Å². The second-order valence-electron chi connectivity index (χ2n) is 7.15. The third-order valence-corrected chi connectivity index (χ3v) is 6.08. The molecule has 4 nitrogen and oxygen atoms in total. The number of ketones is 1. The van der Waals surface area contributed by atoms with Gasteiger partial charge in [0.2, 0.25) is 0 Å². The summed E-state index contributed by atoms with van der Waals surface area (Å²) in [5.41, 5.74) is 2.64. The Bertz CT molecular complexity index is 1310. The van der Waals surface area contributed by atoms with E-state index in [1.807, 2.05) is 34.9 Å². The van der Waals surface area contributed by atoms with Crippen molar-refractivity contribution in [3.05, 3.63) is 104 Å². The predicted molar refractivity (Wildman–Crippen MR) is 131 cm³/mol. The topological polar surface area (TPSA) is 48.3 Å². The number of aromatic nitrogens is 1. The zero-order valence-electron chi connectivity index (χ0n) is 17.1. The van der Waals surface area contributed by atoms with Gasteiger partial charge < -0.3 is 9.30 Å². The van der Waals surface area contributed by atoms with Crippen molar-refractivity contribution in [1.29, 1.82) is 0 Å². The summed E-state index contributed by atoms with van der Waals surface area (Å²) in [6, 6.07) is 19.6. The molecule has 0 aliphatic carbocycles. The first-order valence-electron chi connectivity index (χ1n) is 9.92. The Balaban J connectivity index is 1.98. The molecular weight excluding hydrogens is 513 g/mol. The number of hydrogen-bond acceptors (Lipinski definition) is 3. The van der Waals surface area contributed by atoms with Crippen molar-refractivity contribution in [2.24, 2.45) is 0 Å². The quantitative estimate of drug-likeness (QED) is 0.196. The van der Waals surface area contributed by atoms with E-state index in [4.69, 9.17) is 27.9 Å². The van der Waals surface area contributed by atoms with Gasteiger partial charge in [-0.05, 0) is 61.0 Å². The molecule has 3 aromatic carbocycles. The molecule has 0 amide bonds. The first-order valence-corrected chi connectivity index (χ1v) is 11.5. The fourth-order valence-corrected chi connectivity index (χ4v) is 4.25. The zero-order chi connectivity index (χ0) is 22.8. The number of fused-ring (bicyclic) bond motifs is 1. The van der Waals surface area contributed by atoms with Gasteiger partial charge >= 0.3 is 5.97 Å². The van der Waals surface area contributed by atoms with Crippen LogP contribution in [0, 0.1) is 0 Å². The van der Waals surface area contributed by atoms with Crippen molar-refractivity contribution in [2.75, 3.05) is 6.61 Å². The van der Waals surface area contributed by atoms with E-state index in [9.17, 15) is 9.59 Å². The van der Waals surface area contributed by atoms with E-state index in [0.717, 1.165) is 15.6 Å². The largest absolute Gasteiger partial charge is 0.461 e. The molecule has 0 fully saturated rings. The van der Waals surface area contributed by atoms with Crippen LogP contribution in [0.5, 0.6) is 0 Å². The minimum Gasteiger partial charge on any atom is -0.461 e. The third-order valence-electron chi connectivity index (χ3n) is 5.08. The summed E-state index contributed by atoms with van der Waals surface area (Å²) < 4.78 is 8.02. The predicted octanol–water partition coefficient (Wildman–Crippen LogP) is 7.17. The Kier molecular flexibility index (Phi) is 6.70. The van der Waals surface area contributed by atoms with Gasteiger partial charge in [0.05, 0.1) is 17.7 Å². The van der Waals surface area contributed by atoms with Gasteiger partial charge in [0.1, 0.15) is 5.69 Å². The minimum atomic E-state index is -0.550. The molecule has 0 saturated heterocycles. The number of ether oxygens (including phenoxy) is 1. The van der Waals surface area contributed by atoms with Crippen molar-refractivity contribution >= 4 is 61.8 Å². The van der Waals surface area contributed by atoms with E-state index in [-0.39, 0.29) is 18.1 Å². The van der Waals surface area contributed by atoms with Crippen molar-refractivity contribution in [2.45, 2.75) is 13.5 Å². The Morgan fingerprint density at radius 3 is 2.19 bits per heavy atom. The summed E-state index contributed by atoms with van der Waals surface area (Å²) in [4.78, 5) is 26.7. The van der Waals surface area contributed by atoms with E-state index < -0.39 is 5.97 Å². The van der Waals surface area contributed by atoms with E-state index in [0.29, 0.717) is 33.1 Å². The summed E-state index contributed by atoms with van der Waals surface area (Å²) in [5, 5.41) is 1.82. The maximum atomic E-state index is 13.6.